The number of aliphatic hydroxyl groups is 1. The molecule has 0 spiro atoms. The highest BCUT2D eigenvalue weighted by Gasteiger charge is 2.48. The molecule has 0 bridgehead atoms. The monoisotopic (exact) mass is 698 g/mol. The van der Waals surface area contributed by atoms with E-state index in [1.165, 1.54) is 22.3 Å². The van der Waals surface area contributed by atoms with Gasteiger partial charge >= 0.3 is 0 Å². The third-order valence-corrected chi connectivity index (χ3v) is 10.1. The zero-order valence-electron chi connectivity index (χ0n) is 30.7. The fourth-order valence-electron chi connectivity index (χ4n) is 7.12. The zero-order chi connectivity index (χ0) is 36.0. The van der Waals surface area contributed by atoms with Gasteiger partial charge in [-0.2, -0.15) is 0 Å². The molecular formula is C47H54O5. The average molecular weight is 699 g/mol. The lowest BCUT2D eigenvalue weighted by Gasteiger charge is -2.47. The van der Waals surface area contributed by atoms with Crippen LogP contribution in [0.5, 0.6) is 0 Å². The van der Waals surface area contributed by atoms with Crippen molar-refractivity contribution >= 4 is 0 Å². The summed E-state index contributed by atoms with van der Waals surface area (Å²) in [4.78, 5) is 0. The molecule has 5 nitrogen and oxygen atoms in total. The van der Waals surface area contributed by atoms with Gasteiger partial charge in [0.05, 0.1) is 25.9 Å². The summed E-state index contributed by atoms with van der Waals surface area (Å²) in [6, 6.07) is 46.7. The number of hydrogen-bond donors (Lipinski definition) is 1. The number of rotatable bonds is 18. The summed E-state index contributed by atoms with van der Waals surface area (Å²) in [7, 11) is 0. The summed E-state index contributed by atoms with van der Waals surface area (Å²) in [5, 5.41) is 9.17. The SMILES string of the molecule is CCC[C@H]1O[C@@H](c2ccc(C)c(Cc3ccc(CCCCO)cc3)c2)[C@H](OCc2ccccc2)[C@@H](OCc2ccccc2)[C@@H]1OCc1ccccc1. The lowest BCUT2D eigenvalue weighted by Crippen LogP contribution is -2.57. The Morgan fingerprint density at radius 3 is 1.67 bits per heavy atom. The van der Waals surface area contributed by atoms with Gasteiger partial charge in [0.15, 0.2) is 0 Å². The van der Waals surface area contributed by atoms with Crippen LogP contribution >= 0.6 is 0 Å². The van der Waals surface area contributed by atoms with Gasteiger partial charge in [-0.3, -0.25) is 0 Å². The van der Waals surface area contributed by atoms with Crippen molar-refractivity contribution in [2.45, 2.75) is 103 Å². The van der Waals surface area contributed by atoms with E-state index >= 15 is 0 Å². The number of unbranched alkanes of at least 4 members (excludes halogenated alkanes) is 1. The largest absolute Gasteiger partial charge is 0.396 e. The van der Waals surface area contributed by atoms with Crippen LogP contribution < -0.4 is 0 Å². The first kappa shape index (κ1) is 37.7. The highest BCUT2D eigenvalue weighted by molar-refractivity contribution is 5.38. The molecule has 1 heterocycles. The van der Waals surface area contributed by atoms with Crippen LogP contribution in [-0.4, -0.2) is 36.1 Å². The minimum Gasteiger partial charge on any atom is -0.396 e. The summed E-state index contributed by atoms with van der Waals surface area (Å²) in [5.74, 6) is 0. The van der Waals surface area contributed by atoms with Crippen LogP contribution in [0.3, 0.4) is 0 Å². The fraction of sp³-hybridized carbons (Fsp3) is 0.362. The van der Waals surface area contributed by atoms with Crippen LogP contribution in [0.25, 0.3) is 0 Å². The maximum Gasteiger partial charge on any atom is 0.117 e. The first-order chi connectivity index (χ1) is 25.6. The Kier molecular flexibility index (Phi) is 14.2. The van der Waals surface area contributed by atoms with E-state index in [-0.39, 0.29) is 31.0 Å². The van der Waals surface area contributed by atoms with Crippen LogP contribution in [0.1, 0.15) is 83.2 Å². The van der Waals surface area contributed by atoms with Gasteiger partial charge < -0.3 is 24.1 Å². The molecular weight excluding hydrogens is 645 g/mol. The number of aliphatic hydroxyl groups excluding tert-OH is 1. The van der Waals surface area contributed by atoms with E-state index in [9.17, 15) is 5.11 Å². The minimum absolute atomic E-state index is 0.181. The smallest absolute Gasteiger partial charge is 0.117 e. The molecule has 0 amide bonds. The number of aryl methyl sites for hydroxylation is 2. The predicted molar refractivity (Wildman–Crippen MR) is 208 cm³/mol. The summed E-state index contributed by atoms with van der Waals surface area (Å²) < 4.78 is 27.9. The van der Waals surface area contributed by atoms with Gasteiger partial charge in [0, 0.05) is 6.61 Å². The molecule has 0 saturated carbocycles. The first-order valence-electron chi connectivity index (χ1n) is 19.0. The Morgan fingerprint density at radius 2 is 1.12 bits per heavy atom. The van der Waals surface area contributed by atoms with Crippen molar-refractivity contribution in [3.05, 3.63) is 178 Å². The van der Waals surface area contributed by atoms with Crippen LogP contribution in [0, 0.1) is 6.92 Å². The third-order valence-electron chi connectivity index (χ3n) is 10.1. The fourth-order valence-corrected chi connectivity index (χ4v) is 7.12. The molecule has 1 fully saturated rings. The number of ether oxygens (including phenoxy) is 4. The first-order valence-corrected chi connectivity index (χ1v) is 19.0. The molecule has 1 saturated heterocycles. The summed E-state index contributed by atoms with van der Waals surface area (Å²) in [6.07, 6.45) is 3.78. The molecule has 5 aromatic carbocycles. The van der Waals surface area contributed by atoms with Crippen molar-refractivity contribution in [2.75, 3.05) is 6.61 Å². The predicted octanol–water partition coefficient (Wildman–Crippen LogP) is 9.90. The molecule has 1 aliphatic heterocycles. The standard InChI is InChI=1S/C47H54O5/c1-3-15-43-45(49-32-38-17-7-4-8-18-38)47(51-34-40-21-11-6-12-22-40)46(50-33-39-19-9-5-10-20-39)44(52-43)41-28-23-35(2)42(31-41)30-37-26-24-36(25-27-37)16-13-14-29-48/h4-12,17-28,31,43-48H,3,13-16,29-30,32-34H2,1-2H3/t43-,44+,45-,46+,47+/m1/s1. The Bertz CT molecular complexity index is 1740. The second-order valence-electron chi connectivity index (χ2n) is 14.0. The highest BCUT2D eigenvalue weighted by atomic mass is 16.6. The Labute approximate surface area is 310 Å². The third kappa shape index (κ3) is 10.5. The summed E-state index contributed by atoms with van der Waals surface area (Å²) >= 11 is 0. The normalized spacial score (nSPS) is 20.2. The van der Waals surface area contributed by atoms with Crippen molar-refractivity contribution in [3.63, 3.8) is 0 Å². The Morgan fingerprint density at radius 1 is 0.577 bits per heavy atom. The summed E-state index contributed by atoms with van der Waals surface area (Å²) in [6.45, 7) is 5.98. The van der Waals surface area contributed by atoms with E-state index in [1.54, 1.807) is 0 Å². The number of benzene rings is 5. The van der Waals surface area contributed by atoms with E-state index in [0.717, 1.165) is 60.8 Å². The molecule has 5 aromatic rings. The number of hydrogen-bond acceptors (Lipinski definition) is 5. The second kappa shape index (κ2) is 19.7. The van der Waals surface area contributed by atoms with Gasteiger partial charge in [-0.25, -0.2) is 0 Å². The molecule has 1 aliphatic rings. The molecule has 5 heteroatoms. The lowest BCUT2D eigenvalue weighted by molar-refractivity contribution is -0.268. The molecule has 0 aliphatic carbocycles. The maximum absolute atomic E-state index is 9.17. The van der Waals surface area contributed by atoms with Gasteiger partial charge in [0.25, 0.3) is 0 Å². The van der Waals surface area contributed by atoms with Crippen molar-refractivity contribution in [1.82, 2.24) is 0 Å². The van der Waals surface area contributed by atoms with Crippen LogP contribution in [0.15, 0.2) is 133 Å². The highest BCUT2D eigenvalue weighted by Crippen LogP contribution is 2.40. The van der Waals surface area contributed by atoms with E-state index in [2.05, 4.69) is 105 Å². The average Bonchev–Trinajstić information content (AvgIpc) is 3.19. The van der Waals surface area contributed by atoms with Gasteiger partial charge in [-0.1, -0.05) is 147 Å². The zero-order valence-corrected chi connectivity index (χ0v) is 30.7. The minimum atomic E-state index is -0.424. The lowest BCUT2D eigenvalue weighted by atomic mass is 9.87. The van der Waals surface area contributed by atoms with E-state index in [1.807, 2.05) is 42.5 Å². The van der Waals surface area contributed by atoms with Crippen LogP contribution in [-0.2, 0) is 51.6 Å². The van der Waals surface area contributed by atoms with Crippen molar-refractivity contribution < 1.29 is 24.1 Å². The van der Waals surface area contributed by atoms with Crippen molar-refractivity contribution in [1.29, 1.82) is 0 Å². The molecule has 1 N–H and O–H groups in total. The maximum atomic E-state index is 9.17. The summed E-state index contributed by atoms with van der Waals surface area (Å²) in [5.41, 5.74) is 9.52. The van der Waals surface area contributed by atoms with Crippen molar-refractivity contribution in [2.24, 2.45) is 0 Å². The molecule has 272 valence electrons. The Hall–Kier alpha value is -4.10. The Balaban J connectivity index is 1.33. The topological polar surface area (TPSA) is 57.2 Å². The van der Waals surface area contributed by atoms with Gasteiger partial charge in [-0.15, -0.1) is 0 Å². The van der Waals surface area contributed by atoms with E-state index < -0.39 is 6.10 Å². The second-order valence-corrected chi connectivity index (χ2v) is 14.0. The molecule has 52 heavy (non-hydrogen) atoms. The molecule has 6 rings (SSSR count). The molecule has 0 aromatic heterocycles. The van der Waals surface area contributed by atoms with E-state index in [4.69, 9.17) is 18.9 Å². The van der Waals surface area contributed by atoms with Gasteiger partial charge in [0.2, 0.25) is 0 Å². The van der Waals surface area contributed by atoms with Gasteiger partial charge in [0.1, 0.15) is 24.4 Å². The van der Waals surface area contributed by atoms with Crippen LogP contribution in [0.2, 0.25) is 0 Å². The quantitative estimate of drug-likeness (QED) is 0.0924. The molecule has 0 radical (unpaired) electrons. The van der Waals surface area contributed by atoms with Gasteiger partial charge in [-0.05, 0) is 83.5 Å². The van der Waals surface area contributed by atoms with Crippen molar-refractivity contribution in [3.8, 4) is 0 Å². The van der Waals surface area contributed by atoms with Crippen LogP contribution in [0.4, 0.5) is 0 Å². The van der Waals surface area contributed by atoms with E-state index in [0.29, 0.717) is 19.8 Å². The molecule has 5 atom stereocenters. The molecule has 0 unspecified atom stereocenters.